The van der Waals surface area contributed by atoms with E-state index in [0.29, 0.717) is 24.2 Å². The zero-order valence-corrected chi connectivity index (χ0v) is 14.9. The van der Waals surface area contributed by atoms with Gasteiger partial charge in [0.05, 0.1) is 17.3 Å². The van der Waals surface area contributed by atoms with Crippen molar-refractivity contribution in [3.63, 3.8) is 0 Å². The van der Waals surface area contributed by atoms with Gasteiger partial charge in [-0.05, 0) is 55.6 Å². The van der Waals surface area contributed by atoms with Crippen LogP contribution in [0.5, 0.6) is 0 Å². The lowest BCUT2D eigenvalue weighted by molar-refractivity contribution is -0.145. The summed E-state index contributed by atoms with van der Waals surface area (Å²) in [5.74, 6) is -0.959. The number of alkyl halides is 3. The maximum atomic E-state index is 13.2. The van der Waals surface area contributed by atoms with Gasteiger partial charge < -0.3 is 5.11 Å². The molecule has 4 nitrogen and oxygen atoms in total. The molecule has 2 heterocycles. The van der Waals surface area contributed by atoms with E-state index in [1.807, 2.05) is 13.0 Å². The lowest BCUT2D eigenvalue weighted by Crippen LogP contribution is -2.47. The molecule has 0 amide bonds. The highest BCUT2D eigenvalue weighted by atomic mass is 19.4. The van der Waals surface area contributed by atoms with Crippen LogP contribution in [-0.2, 0) is 11.0 Å². The molecule has 1 fully saturated rings. The van der Waals surface area contributed by atoms with Crippen molar-refractivity contribution in [3.8, 4) is 0 Å². The molecular weight excluding hydrogens is 357 g/mol. The average Bonchev–Trinajstić information content (AvgIpc) is 2.63. The van der Waals surface area contributed by atoms with E-state index in [9.17, 15) is 23.1 Å². The van der Waals surface area contributed by atoms with Crippen molar-refractivity contribution in [2.75, 3.05) is 6.54 Å². The van der Waals surface area contributed by atoms with E-state index in [2.05, 4.69) is 4.98 Å². The van der Waals surface area contributed by atoms with Crippen LogP contribution in [0.25, 0.3) is 0 Å². The topological polar surface area (TPSA) is 53.4 Å². The third-order valence-corrected chi connectivity index (χ3v) is 4.90. The summed E-state index contributed by atoms with van der Waals surface area (Å²) < 4.78 is 39.6. The number of aliphatic carboxylic acids is 1. The molecule has 0 bridgehead atoms. The number of likely N-dealkylation sites (tertiary alicyclic amines) is 1. The van der Waals surface area contributed by atoms with E-state index in [0.717, 1.165) is 30.5 Å². The minimum absolute atomic E-state index is 0.398. The molecule has 1 aliphatic rings. The molecule has 3 rings (SSSR count). The van der Waals surface area contributed by atoms with Gasteiger partial charge in [0.15, 0.2) is 0 Å². The number of hydrogen-bond acceptors (Lipinski definition) is 3. The summed E-state index contributed by atoms with van der Waals surface area (Å²) >= 11 is 0. The Labute approximate surface area is 155 Å². The van der Waals surface area contributed by atoms with Gasteiger partial charge in [-0.15, -0.1) is 0 Å². The van der Waals surface area contributed by atoms with Crippen molar-refractivity contribution in [2.45, 2.75) is 44.4 Å². The van der Waals surface area contributed by atoms with Crippen LogP contribution < -0.4 is 0 Å². The van der Waals surface area contributed by atoms with Crippen LogP contribution in [0.15, 0.2) is 42.6 Å². The predicted octanol–water partition coefficient (Wildman–Crippen LogP) is 4.44. The highest BCUT2D eigenvalue weighted by molar-refractivity contribution is 5.73. The van der Waals surface area contributed by atoms with E-state index < -0.39 is 29.8 Å². The maximum absolute atomic E-state index is 13.2. The van der Waals surface area contributed by atoms with Crippen molar-refractivity contribution in [2.24, 2.45) is 0 Å². The number of carboxylic acid groups (broad SMARTS) is 1. The Morgan fingerprint density at radius 1 is 1.26 bits per heavy atom. The summed E-state index contributed by atoms with van der Waals surface area (Å²) in [4.78, 5) is 17.9. The van der Waals surface area contributed by atoms with Gasteiger partial charge in [-0.25, -0.2) is 0 Å². The first kappa shape index (κ1) is 19.4. The van der Waals surface area contributed by atoms with Crippen LogP contribution in [0.4, 0.5) is 13.2 Å². The molecule has 1 aromatic heterocycles. The molecule has 144 valence electrons. The van der Waals surface area contributed by atoms with Crippen molar-refractivity contribution in [3.05, 3.63) is 65.0 Å². The molecule has 0 saturated carbocycles. The highest BCUT2D eigenvalue weighted by Gasteiger charge is 2.37. The lowest BCUT2D eigenvalue weighted by atomic mass is 9.93. The fourth-order valence-corrected chi connectivity index (χ4v) is 3.59. The molecular formula is C20H21F3N2O2. The molecule has 7 heteroatoms. The maximum Gasteiger partial charge on any atom is 0.416 e. The quantitative estimate of drug-likeness (QED) is 0.855. The van der Waals surface area contributed by atoms with E-state index in [1.165, 1.54) is 6.07 Å². The van der Waals surface area contributed by atoms with E-state index >= 15 is 0 Å². The minimum Gasteiger partial charge on any atom is -0.480 e. The van der Waals surface area contributed by atoms with Crippen LogP contribution in [0.1, 0.15) is 47.7 Å². The Morgan fingerprint density at radius 2 is 2.04 bits per heavy atom. The van der Waals surface area contributed by atoms with Gasteiger partial charge in [-0.2, -0.15) is 13.2 Å². The van der Waals surface area contributed by atoms with Crippen LogP contribution >= 0.6 is 0 Å². The number of piperidine rings is 1. The summed E-state index contributed by atoms with van der Waals surface area (Å²) in [7, 11) is 0. The number of benzene rings is 1. The van der Waals surface area contributed by atoms with Gasteiger partial charge in [0.2, 0.25) is 0 Å². The number of carboxylic acids is 1. The Morgan fingerprint density at radius 3 is 2.67 bits per heavy atom. The van der Waals surface area contributed by atoms with Gasteiger partial charge in [0, 0.05) is 6.20 Å². The van der Waals surface area contributed by atoms with Gasteiger partial charge in [-0.1, -0.05) is 24.6 Å². The Bertz CT molecular complexity index is 806. The van der Waals surface area contributed by atoms with Crippen LogP contribution in [0, 0.1) is 6.92 Å². The standard InChI is InChI=1S/C20H21F3N2O2/c1-13-8-9-16(24-12-13)18(25-10-3-2-7-17(25)19(26)27)14-5-4-6-15(11-14)20(21,22)23/h4-6,8-9,11-12,17-18H,2-3,7,10H2,1H3,(H,26,27). The normalized spacial score (nSPS) is 19.6. The first-order chi connectivity index (χ1) is 12.8. The predicted molar refractivity (Wildman–Crippen MR) is 94.2 cm³/mol. The van der Waals surface area contributed by atoms with E-state index in [-0.39, 0.29) is 0 Å². The number of aromatic nitrogens is 1. The average molecular weight is 378 g/mol. The lowest BCUT2D eigenvalue weighted by Gasteiger charge is -2.39. The number of hydrogen-bond donors (Lipinski definition) is 1. The molecule has 0 spiro atoms. The van der Waals surface area contributed by atoms with Gasteiger partial charge in [-0.3, -0.25) is 14.7 Å². The molecule has 1 aromatic carbocycles. The Hall–Kier alpha value is -2.41. The number of rotatable bonds is 4. The van der Waals surface area contributed by atoms with E-state index in [1.54, 1.807) is 23.2 Å². The van der Waals surface area contributed by atoms with Crippen molar-refractivity contribution in [1.29, 1.82) is 0 Å². The summed E-state index contributed by atoms with van der Waals surface area (Å²) in [6.07, 6.45) is -0.767. The zero-order chi connectivity index (χ0) is 19.6. The van der Waals surface area contributed by atoms with E-state index in [4.69, 9.17) is 0 Å². The number of nitrogens with zero attached hydrogens (tertiary/aromatic N) is 2. The van der Waals surface area contributed by atoms with Crippen LogP contribution in [0.3, 0.4) is 0 Å². The monoisotopic (exact) mass is 378 g/mol. The molecule has 1 saturated heterocycles. The second kappa shape index (κ2) is 7.68. The molecule has 1 aliphatic heterocycles. The fraction of sp³-hybridized carbons (Fsp3) is 0.400. The second-order valence-electron chi connectivity index (χ2n) is 6.87. The SMILES string of the molecule is Cc1ccc(C(c2cccc(C(F)(F)F)c2)N2CCCCC2C(=O)O)nc1. The molecule has 2 atom stereocenters. The third kappa shape index (κ3) is 4.30. The van der Waals surface area contributed by atoms with Crippen molar-refractivity contribution in [1.82, 2.24) is 9.88 Å². The largest absolute Gasteiger partial charge is 0.480 e. The molecule has 1 N–H and O–H groups in total. The number of halogens is 3. The number of carbonyl (C=O) groups is 1. The summed E-state index contributed by atoms with van der Waals surface area (Å²) in [5, 5.41) is 9.64. The molecule has 0 radical (unpaired) electrons. The Kier molecular flexibility index (Phi) is 5.51. The first-order valence-electron chi connectivity index (χ1n) is 8.85. The minimum atomic E-state index is -4.46. The zero-order valence-electron chi connectivity index (χ0n) is 14.9. The Balaban J connectivity index is 2.10. The summed E-state index contributed by atoms with van der Waals surface area (Å²) in [6.45, 7) is 2.37. The fourth-order valence-electron chi connectivity index (χ4n) is 3.59. The smallest absolute Gasteiger partial charge is 0.416 e. The summed E-state index contributed by atoms with van der Waals surface area (Å²) in [5.41, 5.74) is 1.12. The number of pyridine rings is 1. The first-order valence-corrected chi connectivity index (χ1v) is 8.85. The van der Waals surface area contributed by atoms with Crippen LogP contribution in [-0.4, -0.2) is 33.5 Å². The van der Waals surface area contributed by atoms with Gasteiger partial charge >= 0.3 is 12.1 Å². The third-order valence-electron chi connectivity index (χ3n) is 4.90. The highest BCUT2D eigenvalue weighted by Crippen LogP contribution is 2.36. The summed E-state index contributed by atoms with van der Waals surface area (Å²) in [6, 6.07) is 7.29. The number of aryl methyl sites for hydroxylation is 1. The molecule has 27 heavy (non-hydrogen) atoms. The van der Waals surface area contributed by atoms with Crippen molar-refractivity contribution < 1.29 is 23.1 Å². The molecule has 2 aromatic rings. The second-order valence-corrected chi connectivity index (χ2v) is 6.87. The van der Waals surface area contributed by atoms with Crippen molar-refractivity contribution >= 4 is 5.97 Å². The van der Waals surface area contributed by atoms with Gasteiger partial charge in [0.25, 0.3) is 0 Å². The molecule has 0 aliphatic carbocycles. The van der Waals surface area contributed by atoms with Gasteiger partial charge in [0.1, 0.15) is 6.04 Å². The molecule has 2 unspecified atom stereocenters. The van der Waals surface area contributed by atoms with Crippen LogP contribution in [0.2, 0.25) is 0 Å².